The van der Waals surface area contributed by atoms with Gasteiger partial charge in [0.15, 0.2) is 5.11 Å². The van der Waals surface area contributed by atoms with Gasteiger partial charge in [-0.05, 0) is 62.5 Å². The van der Waals surface area contributed by atoms with Crippen molar-refractivity contribution in [3.05, 3.63) is 54.4 Å². The van der Waals surface area contributed by atoms with Gasteiger partial charge in [-0.15, -0.1) is 0 Å². The third-order valence-corrected chi connectivity index (χ3v) is 5.01. The molecule has 0 aliphatic carbocycles. The standard InChI is InChI=1S/C21H23N5O4S/c1-3-25-20(29)17(12-18(27)23-15-7-9-16(10-8-15)30-4-2)26(21(25)31)24-19(28)14-6-5-11-22-13-14/h5-11,13,17H,3-4,12H2,1-2H3,(H,23,27)(H,24,28). The van der Waals surface area contributed by atoms with Crippen LogP contribution in [0, 0.1) is 0 Å². The van der Waals surface area contributed by atoms with Crippen molar-refractivity contribution >= 4 is 40.7 Å². The predicted molar refractivity (Wildman–Crippen MR) is 118 cm³/mol. The van der Waals surface area contributed by atoms with Gasteiger partial charge in [0.2, 0.25) is 5.91 Å². The number of amides is 3. The summed E-state index contributed by atoms with van der Waals surface area (Å²) in [6.45, 7) is 4.53. The Balaban J connectivity index is 1.71. The van der Waals surface area contributed by atoms with E-state index in [1.165, 1.54) is 16.1 Å². The molecule has 1 saturated heterocycles. The van der Waals surface area contributed by atoms with Crippen molar-refractivity contribution < 1.29 is 19.1 Å². The Kier molecular flexibility index (Phi) is 7.14. The van der Waals surface area contributed by atoms with Crippen LogP contribution in [0.15, 0.2) is 48.8 Å². The summed E-state index contributed by atoms with van der Waals surface area (Å²) >= 11 is 5.36. The van der Waals surface area contributed by atoms with Gasteiger partial charge in [-0.1, -0.05) is 0 Å². The average molecular weight is 442 g/mol. The van der Waals surface area contributed by atoms with E-state index in [0.29, 0.717) is 30.2 Å². The zero-order chi connectivity index (χ0) is 22.4. The lowest BCUT2D eigenvalue weighted by Gasteiger charge is -2.24. The summed E-state index contributed by atoms with van der Waals surface area (Å²) in [5, 5.41) is 4.17. The van der Waals surface area contributed by atoms with Crippen molar-refractivity contribution in [2.75, 3.05) is 18.5 Å². The number of hydrogen-bond acceptors (Lipinski definition) is 6. The Morgan fingerprint density at radius 1 is 1.19 bits per heavy atom. The minimum absolute atomic E-state index is 0.142. The van der Waals surface area contributed by atoms with Gasteiger partial charge in [0, 0.05) is 24.6 Å². The zero-order valence-electron chi connectivity index (χ0n) is 17.2. The highest BCUT2D eigenvalue weighted by Crippen LogP contribution is 2.21. The number of hydrogen-bond donors (Lipinski definition) is 2. The van der Waals surface area contributed by atoms with Gasteiger partial charge in [0.25, 0.3) is 11.8 Å². The molecule has 2 heterocycles. The quantitative estimate of drug-likeness (QED) is 0.604. The summed E-state index contributed by atoms with van der Waals surface area (Å²) < 4.78 is 5.38. The first-order chi connectivity index (χ1) is 14.9. The fraction of sp³-hybridized carbons (Fsp3) is 0.286. The van der Waals surface area contributed by atoms with Gasteiger partial charge in [-0.25, -0.2) is 5.01 Å². The molecular weight excluding hydrogens is 418 g/mol. The molecular formula is C21H23N5O4S. The number of thiocarbonyl (C=S) groups is 1. The Morgan fingerprint density at radius 2 is 1.94 bits per heavy atom. The second kappa shape index (κ2) is 9.98. The molecule has 1 fully saturated rings. The van der Waals surface area contributed by atoms with Gasteiger partial charge in [0.1, 0.15) is 11.8 Å². The summed E-state index contributed by atoms with van der Waals surface area (Å²) in [5.41, 5.74) is 3.51. The molecule has 1 atom stereocenters. The molecule has 2 aromatic rings. The monoisotopic (exact) mass is 441 g/mol. The highest BCUT2D eigenvalue weighted by molar-refractivity contribution is 7.80. The molecule has 2 N–H and O–H groups in total. The van der Waals surface area contributed by atoms with Crippen LogP contribution in [-0.2, 0) is 9.59 Å². The Morgan fingerprint density at radius 3 is 2.55 bits per heavy atom. The minimum Gasteiger partial charge on any atom is -0.494 e. The van der Waals surface area contributed by atoms with Crippen LogP contribution in [0.2, 0.25) is 0 Å². The highest BCUT2D eigenvalue weighted by atomic mass is 32.1. The Hall–Kier alpha value is -3.53. The summed E-state index contributed by atoms with van der Waals surface area (Å²) in [6.07, 6.45) is 2.77. The van der Waals surface area contributed by atoms with Crippen LogP contribution >= 0.6 is 12.2 Å². The van der Waals surface area contributed by atoms with Crippen molar-refractivity contribution in [1.82, 2.24) is 20.3 Å². The molecule has 31 heavy (non-hydrogen) atoms. The average Bonchev–Trinajstić information content (AvgIpc) is 2.99. The number of aromatic nitrogens is 1. The topological polar surface area (TPSA) is 104 Å². The van der Waals surface area contributed by atoms with Crippen molar-refractivity contribution in [3.63, 3.8) is 0 Å². The van der Waals surface area contributed by atoms with Crippen molar-refractivity contribution in [1.29, 1.82) is 0 Å². The van der Waals surface area contributed by atoms with Crippen LogP contribution in [0.3, 0.4) is 0 Å². The number of ether oxygens (including phenoxy) is 1. The van der Waals surface area contributed by atoms with Gasteiger partial charge in [-0.2, -0.15) is 0 Å². The maximum Gasteiger partial charge on any atom is 0.271 e. The molecule has 1 aliphatic heterocycles. The molecule has 1 aliphatic rings. The number of rotatable bonds is 8. The summed E-state index contributed by atoms with van der Waals surface area (Å²) in [5.74, 6) is -0.512. The number of carbonyl (C=O) groups excluding carboxylic acids is 3. The van der Waals surface area contributed by atoms with E-state index in [0.717, 1.165) is 0 Å². The molecule has 0 spiro atoms. The summed E-state index contributed by atoms with van der Waals surface area (Å²) in [6, 6.07) is 9.18. The van der Waals surface area contributed by atoms with Gasteiger partial charge >= 0.3 is 0 Å². The first-order valence-corrected chi connectivity index (χ1v) is 10.2. The van der Waals surface area contributed by atoms with Gasteiger partial charge in [0.05, 0.1) is 18.6 Å². The first-order valence-electron chi connectivity index (χ1n) is 9.82. The molecule has 0 radical (unpaired) electrons. The van der Waals surface area contributed by atoms with E-state index >= 15 is 0 Å². The van der Waals surface area contributed by atoms with E-state index in [-0.39, 0.29) is 23.3 Å². The summed E-state index contributed by atoms with van der Waals surface area (Å²) in [7, 11) is 0. The largest absolute Gasteiger partial charge is 0.494 e. The Labute approximate surface area is 185 Å². The second-order valence-corrected chi connectivity index (χ2v) is 7.01. The number of nitrogens with zero attached hydrogens (tertiary/aromatic N) is 3. The first kappa shape index (κ1) is 22.2. The molecule has 1 aromatic heterocycles. The maximum absolute atomic E-state index is 12.8. The zero-order valence-corrected chi connectivity index (χ0v) is 18.0. The third-order valence-electron chi connectivity index (χ3n) is 4.59. The van der Waals surface area contributed by atoms with Gasteiger partial charge < -0.3 is 10.1 Å². The Bertz CT molecular complexity index is 967. The fourth-order valence-electron chi connectivity index (χ4n) is 3.10. The summed E-state index contributed by atoms with van der Waals surface area (Å²) in [4.78, 5) is 43.3. The van der Waals surface area contributed by atoms with E-state index in [9.17, 15) is 14.4 Å². The molecule has 3 amide bonds. The van der Waals surface area contributed by atoms with Crippen LogP contribution < -0.4 is 15.5 Å². The molecule has 3 rings (SSSR count). The van der Waals surface area contributed by atoms with Crippen molar-refractivity contribution in [2.45, 2.75) is 26.3 Å². The van der Waals surface area contributed by atoms with Crippen LogP contribution in [0.4, 0.5) is 5.69 Å². The number of likely N-dealkylation sites (N-methyl/N-ethyl adjacent to an activating group) is 1. The molecule has 10 heteroatoms. The van der Waals surface area contributed by atoms with Crippen LogP contribution in [0.25, 0.3) is 0 Å². The predicted octanol–water partition coefficient (Wildman–Crippen LogP) is 1.97. The van der Waals surface area contributed by atoms with Crippen molar-refractivity contribution in [2.24, 2.45) is 0 Å². The number of nitrogens with one attached hydrogen (secondary N) is 2. The number of carbonyl (C=O) groups is 3. The number of hydrazine groups is 1. The van der Waals surface area contributed by atoms with Gasteiger partial charge in [-0.3, -0.25) is 29.7 Å². The lowest BCUT2D eigenvalue weighted by atomic mass is 10.2. The molecule has 0 bridgehead atoms. The van der Waals surface area contributed by atoms with Crippen molar-refractivity contribution in [3.8, 4) is 5.75 Å². The van der Waals surface area contributed by atoms with Crippen LogP contribution in [0.5, 0.6) is 5.75 Å². The fourth-order valence-corrected chi connectivity index (χ4v) is 3.50. The van der Waals surface area contributed by atoms with E-state index in [1.807, 2.05) is 6.92 Å². The lowest BCUT2D eigenvalue weighted by Crippen LogP contribution is -2.49. The molecule has 162 valence electrons. The molecule has 9 nitrogen and oxygen atoms in total. The van der Waals surface area contributed by atoms with E-state index < -0.39 is 11.9 Å². The second-order valence-electron chi connectivity index (χ2n) is 6.64. The van der Waals surface area contributed by atoms with E-state index in [1.54, 1.807) is 49.5 Å². The normalized spacial score (nSPS) is 15.7. The van der Waals surface area contributed by atoms with Crippen LogP contribution in [-0.4, -0.2) is 56.9 Å². The van der Waals surface area contributed by atoms with Crippen LogP contribution in [0.1, 0.15) is 30.6 Å². The number of pyridine rings is 1. The molecule has 1 unspecified atom stereocenters. The number of anilines is 1. The smallest absolute Gasteiger partial charge is 0.271 e. The number of benzene rings is 1. The minimum atomic E-state index is -0.948. The maximum atomic E-state index is 12.8. The highest BCUT2D eigenvalue weighted by Gasteiger charge is 2.43. The van der Waals surface area contributed by atoms with E-state index in [4.69, 9.17) is 17.0 Å². The third kappa shape index (κ3) is 5.15. The lowest BCUT2D eigenvalue weighted by molar-refractivity contribution is -0.130. The SMILES string of the molecule is CCOc1ccc(NC(=O)CC2C(=O)N(CC)C(=S)N2NC(=O)c2cccnc2)cc1. The molecule has 1 aromatic carbocycles. The molecule has 0 saturated carbocycles. The van der Waals surface area contributed by atoms with E-state index in [2.05, 4.69) is 15.7 Å².